The van der Waals surface area contributed by atoms with Gasteiger partial charge in [-0.1, -0.05) is 20.8 Å². The van der Waals surface area contributed by atoms with Gasteiger partial charge in [-0.05, 0) is 67.1 Å². The summed E-state index contributed by atoms with van der Waals surface area (Å²) in [6, 6.07) is 0. The van der Waals surface area contributed by atoms with Crippen LogP contribution >= 0.6 is 0 Å². The third-order valence-corrected chi connectivity index (χ3v) is 9.03. The van der Waals surface area contributed by atoms with Crippen molar-refractivity contribution >= 4 is 11.6 Å². The number of ketones is 2. The molecule has 122 valence electrons. The predicted molar refractivity (Wildman–Crippen MR) is 86.4 cm³/mol. The largest absolute Gasteiger partial charge is 0.300 e. The lowest BCUT2D eigenvalue weighted by atomic mass is 9.39. The normalized spacial score (nSPS) is 54.6. The van der Waals surface area contributed by atoms with Crippen molar-refractivity contribution in [1.82, 2.24) is 0 Å². The van der Waals surface area contributed by atoms with E-state index >= 15 is 0 Å². The summed E-state index contributed by atoms with van der Waals surface area (Å²) >= 11 is 0. The van der Waals surface area contributed by atoms with Crippen molar-refractivity contribution in [3.8, 4) is 0 Å². The van der Waals surface area contributed by atoms with E-state index in [9.17, 15) is 9.59 Å². The number of hydrogen-bond donors (Lipinski definition) is 0. The van der Waals surface area contributed by atoms with Gasteiger partial charge in [0, 0.05) is 24.7 Å². The Balaban J connectivity index is 1.72. The fourth-order valence-electron chi connectivity index (χ4n) is 7.20. The number of carbonyl (C=O) groups is 2. The molecule has 6 atom stereocenters. The third kappa shape index (κ3) is 1.62. The molecule has 0 aromatic rings. The summed E-state index contributed by atoms with van der Waals surface area (Å²) in [5.41, 5.74) is 0.625. The first kappa shape index (κ1) is 14.9. The maximum Gasteiger partial charge on any atom is 0.139 e. The van der Waals surface area contributed by atoms with Crippen LogP contribution in [0.4, 0.5) is 0 Å². The fourth-order valence-corrected chi connectivity index (χ4v) is 7.20. The molecule has 0 N–H and O–H groups in total. The molecule has 4 saturated carbocycles. The topological polar surface area (TPSA) is 34.1 Å². The second-order valence-electron chi connectivity index (χ2n) is 9.44. The standard InChI is InChI=1S/C20H30O2/c1-18-10-11-20(3)16(15(18)6-7-17(18)22)5-4-13-12-14(21)8-9-19(13,20)2/h13,15-16H,4-12H2,1-3H3. The minimum absolute atomic E-state index is 0.0299. The van der Waals surface area contributed by atoms with E-state index in [0.717, 1.165) is 38.5 Å². The zero-order valence-electron chi connectivity index (χ0n) is 14.4. The van der Waals surface area contributed by atoms with Crippen LogP contribution in [0, 0.1) is 34.0 Å². The maximum absolute atomic E-state index is 12.5. The molecule has 2 heteroatoms. The molecule has 0 radical (unpaired) electrons. The lowest BCUT2D eigenvalue weighted by Crippen LogP contribution is -2.59. The van der Waals surface area contributed by atoms with E-state index in [2.05, 4.69) is 20.8 Å². The minimum Gasteiger partial charge on any atom is -0.300 e. The van der Waals surface area contributed by atoms with Crippen LogP contribution in [0.15, 0.2) is 0 Å². The van der Waals surface area contributed by atoms with Crippen LogP contribution in [-0.2, 0) is 9.59 Å². The van der Waals surface area contributed by atoms with Gasteiger partial charge in [-0.15, -0.1) is 0 Å². The van der Waals surface area contributed by atoms with Crippen LogP contribution in [0.1, 0.15) is 78.6 Å². The first-order valence-corrected chi connectivity index (χ1v) is 9.36. The summed E-state index contributed by atoms with van der Waals surface area (Å²) in [6.45, 7) is 7.25. The second-order valence-corrected chi connectivity index (χ2v) is 9.44. The van der Waals surface area contributed by atoms with Gasteiger partial charge in [0.1, 0.15) is 11.6 Å². The predicted octanol–water partition coefficient (Wildman–Crippen LogP) is 4.56. The van der Waals surface area contributed by atoms with Crippen molar-refractivity contribution in [3.05, 3.63) is 0 Å². The van der Waals surface area contributed by atoms with Gasteiger partial charge in [-0.25, -0.2) is 0 Å². The highest BCUT2D eigenvalue weighted by Gasteiger charge is 2.65. The molecule has 0 aromatic carbocycles. The van der Waals surface area contributed by atoms with E-state index in [1.807, 2.05) is 0 Å². The lowest BCUT2D eigenvalue weighted by molar-refractivity contribution is -0.175. The van der Waals surface area contributed by atoms with Gasteiger partial charge in [-0.3, -0.25) is 9.59 Å². The maximum atomic E-state index is 12.5. The summed E-state index contributed by atoms with van der Waals surface area (Å²) in [5.74, 6) is 2.92. The highest BCUT2D eigenvalue weighted by atomic mass is 16.1. The van der Waals surface area contributed by atoms with Gasteiger partial charge in [0.25, 0.3) is 0 Å². The Bertz CT molecular complexity index is 538. The van der Waals surface area contributed by atoms with Crippen LogP contribution in [0.3, 0.4) is 0 Å². The molecule has 0 saturated heterocycles. The number of fused-ring (bicyclic) bond motifs is 5. The van der Waals surface area contributed by atoms with Crippen LogP contribution < -0.4 is 0 Å². The lowest BCUT2D eigenvalue weighted by Gasteiger charge is -2.65. The van der Waals surface area contributed by atoms with Crippen molar-refractivity contribution in [2.45, 2.75) is 78.6 Å². The summed E-state index contributed by atoms with van der Waals surface area (Å²) in [4.78, 5) is 24.4. The van der Waals surface area contributed by atoms with Gasteiger partial charge in [0.05, 0.1) is 0 Å². The Labute approximate surface area is 134 Å². The molecule has 0 heterocycles. The summed E-state index contributed by atoms with van der Waals surface area (Å²) < 4.78 is 0. The number of rotatable bonds is 0. The molecule has 0 aliphatic heterocycles. The van der Waals surface area contributed by atoms with Gasteiger partial charge in [0.2, 0.25) is 0 Å². The molecule has 4 aliphatic rings. The quantitative estimate of drug-likeness (QED) is 0.657. The van der Waals surface area contributed by atoms with E-state index in [1.165, 1.54) is 19.3 Å². The van der Waals surface area contributed by atoms with Gasteiger partial charge < -0.3 is 0 Å². The molecular weight excluding hydrogens is 272 g/mol. The van der Waals surface area contributed by atoms with Crippen LogP contribution in [0.5, 0.6) is 0 Å². The van der Waals surface area contributed by atoms with E-state index in [-0.39, 0.29) is 5.41 Å². The molecule has 0 bridgehead atoms. The molecule has 6 unspecified atom stereocenters. The van der Waals surface area contributed by atoms with Crippen LogP contribution in [0.2, 0.25) is 0 Å². The number of Topliss-reactive ketones (excluding diaryl/α,β-unsaturated/α-hetero) is 2. The van der Waals surface area contributed by atoms with Crippen molar-refractivity contribution in [2.24, 2.45) is 34.0 Å². The monoisotopic (exact) mass is 302 g/mol. The molecule has 0 amide bonds. The average molecular weight is 302 g/mol. The summed E-state index contributed by atoms with van der Waals surface area (Å²) in [5, 5.41) is 0. The van der Waals surface area contributed by atoms with Gasteiger partial charge in [-0.2, -0.15) is 0 Å². The smallest absolute Gasteiger partial charge is 0.139 e. The third-order valence-electron chi connectivity index (χ3n) is 9.03. The summed E-state index contributed by atoms with van der Waals surface area (Å²) in [6.07, 6.45) is 9.36. The Morgan fingerprint density at radius 2 is 1.59 bits per heavy atom. The minimum atomic E-state index is -0.0299. The zero-order valence-corrected chi connectivity index (χ0v) is 14.4. The van der Waals surface area contributed by atoms with Gasteiger partial charge >= 0.3 is 0 Å². The molecule has 0 aromatic heterocycles. The highest BCUT2D eigenvalue weighted by Crippen LogP contribution is 2.70. The van der Waals surface area contributed by atoms with E-state index in [0.29, 0.717) is 40.2 Å². The Hall–Kier alpha value is -0.660. The van der Waals surface area contributed by atoms with Crippen molar-refractivity contribution in [1.29, 1.82) is 0 Å². The molecule has 4 fully saturated rings. The second kappa shape index (κ2) is 4.45. The van der Waals surface area contributed by atoms with Crippen molar-refractivity contribution < 1.29 is 9.59 Å². The average Bonchev–Trinajstić information content (AvgIpc) is 2.77. The number of carbonyl (C=O) groups excluding carboxylic acids is 2. The van der Waals surface area contributed by atoms with Crippen LogP contribution in [0.25, 0.3) is 0 Å². The van der Waals surface area contributed by atoms with E-state index in [4.69, 9.17) is 0 Å². The Morgan fingerprint density at radius 3 is 2.36 bits per heavy atom. The fraction of sp³-hybridized carbons (Fsp3) is 0.900. The SMILES string of the molecule is CC12CCC3(C)C(CCC4CC(=O)CCC43C)C1CCC2=O. The Kier molecular flexibility index (Phi) is 3.02. The number of hydrogen-bond acceptors (Lipinski definition) is 2. The molecular formula is C20H30O2. The van der Waals surface area contributed by atoms with E-state index in [1.54, 1.807) is 0 Å². The first-order valence-electron chi connectivity index (χ1n) is 9.36. The Morgan fingerprint density at radius 1 is 0.818 bits per heavy atom. The highest BCUT2D eigenvalue weighted by molar-refractivity contribution is 5.87. The van der Waals surface area contributed by atoms with Gasteiger partial charge in [0.15, 0.2) is 0 Å². The van der Waals surface area contributed by atoms with E-state index < -0.39 is 0 Å². The molecule has 0 spiro atoms. The summed E-state index contributed by atoms with van der Waals surface area (Å²) in [7, 11) is 0. The van der Waals surface area contributed by atoms with Crippen molar-refractivity contribution in [2.75, 3.05) is 0 Å². The molecule has 22 heavy (non-hydrogen) atoms. The van der Waals surface area contributed by atoms with Crippen molar-refractivity contribution in [3.63, 3.8) is 0 Å². The zero-order chi connectivity index (χ0) is 15.8. The van der Waals surface area contributed by atoms with Crippen LogP contribution in [-0.4, -0.2) is 11.6 Å². The molecule has 4 aliphatic carbocycles. The first-order chi connectivity index (χ1) is 10.3. The molecule has 4 rings (SSSR count). The molecule has 2 nitrogen and oxygen atoms in total.